The van der Waals surface area contributed by atoms with Crippen LogP contribution in [0.3, 0.4) is 0 Å². The van der Waals surface area contributed by atoms with Gasteiger partial charge in [-0.2, -0.15) is 0 Å². The number of aryl methyl sites for hydroxylation is 2. The van der Waals surface area contributed by atoms with E-state index in [4.69, 9.17) is 4.74 Å². The van der Waals surface area contributed by atoms with E-state index in [-0.39, 0.29) is 10.8 Å². The van der Waals surface area contributed by atoms with Gasteiger partial charge in [-0.05, 0) is 55.3 Å². The van der Waals surface area contributed by atoms with E-state index in [1.54, 1.807) is 37.3 Å². The molecule has 0 saturated heterocycles. The minimum atomic E-state index is -3.75. The number of sulfonamides is 1. The summed E-state index contributed by atoms with van der Waals surface area (Å²) in [6.07, 6.45) is 0. The van der Waals surface area contributed by atoms with E-state index in [9.17, 15) is 13.2 Å². The number of anilines is 2. The zero-order valence-corrected chi connectivity index (χ0v) is 14.8. The highest BCUT2D eigenvalue weighted by atomic mass is 32.2. The molecule has 24 heavy (non-hydrogen) atoms. The number of methoxy groups -OCH3 is 1. The van der Waals surface area contributed by atoms with E-state index in [0.29, 0.717) is 22.7 Å². The molecule has 0 saturated carbocycles. The van der Waals surface area contributed by atoms with Crippen molar-refractivity contribution in [1.82, 2.24) is 0 Å². The summed E-state index contributed by atoms with van der Waals surface area (Å²) in [5.41, 5.74) is 2.36. The largest absolute Gasteiger partial charge is 0.497 e. The van der Waals surface area contributed by atoms with Crippen molar-refractivity contribution in [1.29, 1.82) is 0 Å². The first kappa shape index (κ1) is 17.8. The maximum atomic E-state index is 12.6. The second-order valence-electron chi connectivity index (χ2n) is 5.45. The fraction of sp³-hybridized carbons (Fsp3) is 0.235. The minimum absolute atomic E-state index is 0.171. The van der Waals surface area contributed by atoms with Crippen molar-refractivity contribution >= 4 is 27.3 Å². The van der Waals surface area contributed by atoms with Crippen molar-refractivity contribution in [2.24, 2.45) is 0 Å². The van der Waals surface area contributed by atoms with Crippen LogP contribution < -0.4 is 14.8 Å². The Balaban J connectivity index is 2.34. The topological polar surface area (TPSA) is 84.5 Å². The molecule has 2 aromatic rings. The third-order valence-electron chi connectivity index (χ3n) is 3.47. The van der Waals surface area contributed by atoms with E-state index in [1.807, 2.05) is 6.92 Å². The lowest BCUT2D eigenvalue weighted by molar-refractivity contribution is -0.114. The highest BCUT2D eigenvalue weighted by Gasteiger charge is 2.18. The Morgan fingerprint density at radius 1 is 1.04 bits per heavy atom. The van der Waals surface area contributed by atoms with Crippen LogP contribution in [0.15, 0.2) is 41.3 Å². The van der Waals surface area contributed by atoms with Crippen molar-refractivity contribution in [3.8, 4) is 5.75 Å². The Morgan fingerprint density at radius 3 is 2.33 bits per heavy atom. The molecule has 0 aliphatic heterocycles. The Bertz CT molecular complexity index is 876. The Hall–Kier alpha value is -2.54. The molecule has 0 unspecified atom stereocenters. The number of ether oxygens (including phenoxy) is 1. The van der Waals surface area contributed by atoms with Crippen LogP contribution in [-0.2, 0) is 14.8 Å². The van der Waals surface area contributed by atoms with Gasteiger partial charge in [-0.15, -0.1) is 0 Å². The van der Waals surface area contributed by atoms with E-state index >= 15 is 0 Å². The van der Waals surface area contributed by atoms with Gasteiger partial charge in [-0.25, -0.2) is 8.42 Å². The van der Waals surface area contributed by atoms with Gasteiger partial charge in [0.05, 0.1) is 17.7 Å². The van der Waals surface area contributed by atoms with Crippen LogP contribution in [0.2, 0.25) is 0 Å². The fourth-order valence-electron chi connectivity index (χ4n) is 2.27. The Morgan fingerprint density at radius 2 is 1.75 bits per heavy atom. The number of amides is 1. The lowest BCUT2D eigenvalue weighted by Gasteiger charge is -2.13. The number of carbonyl (C=O) groups excluding carboxylic acids is 1. The number of nitrogens with one attached hydrogen (secondary N) is 2. The maximum Gasteiger partial charge on any atom is 0.262 e. The highest BCUT2D eigenvalue weighted by Crippen LogP contribution is 2.25. The molecule has 0 bridgehead atoms. The molecule has 6 nitrogen and oxygen atoms in total. The highest BCUT2D eigenvalue weighted by molar-refractivity contribution is 7.92. The van der Waals surface area contributed by atoms with Crippen molar-refractivity contribution in [3.63, 3.8) is 0 Å². The number of hydrogen-bond acceptors (Lipinski definition) is 4. The van der Waals surface area contributed by atoms with Gasteiger partial charge in [-0.3, -0.25) is 9.52 Å². The molecule has 2 N–H and O–H groups in total. The van der Waals surface area contributed by atoms with Crippen LogP contribution in [0.5, 0.6) is 5.75 Å². The third-order valence-corrected chi connectivity index (χ3v) is 5.01. The van der Waals surface area contributed by atoms with Crippen LogP contribution in [-0.4, -0.2) is 21.4 Å². The first-order valence-corrected chi connectivity index (χ1v) is 8.77. The molecule has 1 amide bonds. The molecule has 7 heteroatoms. The van der Waals surface area contributed by atoms with Gasteiger partial charge < -0.3 is 10.1 Å². The van der Waals surface area contributed by atoms with Gasteiger partial charge in [0.25, 0.3) is 10.0 Å². The molecule has 0 atom stereocenters. The second kappa shape index (κ2) is 6.92. The fourth-order valence-corrected chi connectivity index (χ4v) is 3.55. The minimum Gasteiger partial charge on any atom is -0.497 e. The van der Waals surface area contributed by atoms with E-state index in [0.717, 1.165) is 5.56 Å². The molecule has 128 valence electrons. The normalized spacial score (nSPS) is 11.0. The summed E-state index contributed by atoms with van der Waals surface area (Å²) < 4.78 is 32.8. The second-order valence-corrected chi connectivity index (χ2v) is 7.10. The van der Waals surface area contributed by atoms with Crippen molar-refractivity contribution < 1.29 is 17.9 Å². The lowest BCUT2D eigenvalue weighted by Crippen LogP contribution is -2.15. The lowest BCUT2D eigenvalue weighted by atomic mass is 10.2. The average Bonchev–Trinajstić information content (AvgIpc) is 2.49. The van der Waals surface area contributed by atoms with E-state index in [1.165, 1.54) is 20.1 Å². The predicted octanol–water partition coefficient (Wildman–Crippen LogP) is 3.07. The monoisotopic (exact) mass is 348 g/mol. The zero-order chi connectivity index (χ0) is 17.9. The number of rotatable bonds is 5. The molecule has 0 aromatic heterocycles. The van der Waals surface area contributed by atoms with Crippen LogP contribution >= 0.6 is 0 Å². The predicted molar refractivity (Wildman–Crippen MR) is 94.0 cm³/mol. The molecule has 0 radical (unpaired) electrons. The molecule has 2 rings (SSSR count). The van der Waals surface area contributed by atoms with Crippen LogP contribution in [0.25, 0.3) is 0 Å². The van der Waals surface area contributed by atoms with Crippen LogP contribution in [0.1, 0.15) is 18.1 Å². The van der Waals surface area contributed by atoms with E-state index < -0.39 is 10.0 Å². The van der Waals surface area contributed by atoms with Crippen LogP contribution in [0, 0.1) is 13.8 Å². The summed E-state index contributed by atoms with van der Waals surface area (Å²) in [5.74, 6) is 0.374. The van der Waals surface area contributed by atoms with E-state index in [2.05, 4.69) is 10.0 Å². The van der Waals surface area contributed by atoms with Crippen molar-refractivity contribution in [2.75, 3.05) is 17.1 Å². The summed E-state index contributed by atoms with van der Waals surface area (Å²) in [6, 6.07) is 9.74. The van der Waals surface area contributed by atoms with Gasteiger partial charge >= 0.3 is 0 Å². The average molecular weight is 348 g/mol. The van der Waals surface area contributed by atoms with Gasteiger partial charge in [0.15, 0.2) is 0 Å². The Labute approximate surface area is 141 Å². The molecule has 0 fully saturated rings. The van der Waals surface area contributed by atoms with Crippen molar-refractivity contribution in [3.05, 3.63) is 47.5 Å². The third kappa shape index (κ3) is 4.05. The standard InChI is InChI=1S/C17H20N2O4S/c1-11-5-6-14(10-16(11)18-13(3)20)19-24(21,22)17-8-7-15(23-4)9-12(17)2/h5-10,19H,1-4H3,(H,18,20). The van der Waals surface area contributed by atoms with Gasteiger partial charge in [0.2, 0.25) is 5.91 Å². The summed E-state index contributed by atoms with van der Waals surface area (Å²) in [5, 5.41) is 2.68. The quantitative estimate of drug-likeness (QED) is 0.870. The van der Waals surface area contributed by atoms with Gasteiger partial charge in [0, 0.05) is 12.6 Å². The van der Waals surface area contributed by atoms with Gasteiger partial charge in [0.1, 0.15) is 5.75 Å². The number of hydrogen-bond donors (Lipinski definition) is 2. The molecule has 0 spiro atoms. The molecular weight excluding hydrogens is 328 g/mol. The summed E-state index contributed by atoms with van der Waals surface area (Å²) >= 11 is 0. The Kier molecular flexibility index (Phi) is 5.14. The molecule has 0 aliphatic carbocycles. The molecule has 0 heterocycles. The molecular formula is C17H20N2O4S. The number of benzene rings is 2. The van der Waals surface area contributed by atoms with Crippen molar-refractivity contribution in [2.45, 2.75) is 25.7 Å². The first-order chi connectivity index (χ1) is 11.2. The first-order valence-electron chi connectivity index (χ1n) is 7.28. The summed E-state index contributed by atoms with van der Waals surface area (Å²) in [7, 11) is -2.22. The molecule has 0 aliphatic rings. The summed E-state index contributed by atoms with van der Waals surface area (Å²) in [4.78, 5) is 11.4. The van der Waals surface area contributed by atoms with Gasteiger partial charge in [-0.1, -0.05) is 6.07 Å². The smallest absolute Gasteiger partial charge is 0.262 e. The number of carbonyl (C=O) groups is 1. The zero-order valence-electron chi connectivity index (χ0n) is 14.0. The maximum absolute atomic E-state index is 12.6. The summed E-state index contributed by atoms with van der Waals surface area (Å²) in [6.45, 7) is 4.93. The van der Waals surface area contributed by atoms with Crippen LogP contribution in [0.4, 0.5) is 11.4 Å². The molecule has 2 aromatic carbocycles. The SMILES string of the molecule is COc1ccc(S(=O)(=O)Nc2ccc(C)c(NC(C)=O)c2)c(C)c1.